The Bertz CT molecular complexity index is 507. The molecule has 0 fully saturated rings. The fourth-order valence-corrected chi connectivity index (χ4v) is 1.24. The second kappa shape index (κ2) is 3.73. The molecular weight excluding hydrogens is 208 g/mol. The van der Waals surface area contributed by atoms with Gasteiger partial charge in [0.15, 0.2) is 5.75 Å². The molecule has 0 spiro atoms. The summed E-state index contributed by atoms with van der Waals surface area (Å²) in [6.07, 6.45) is 0. The number of rotatable bonds is 2. The van der Waals surface area contributed by atoms with E-state index in [1.165, 1.54) is 0 Å². The Morgan fingerprint density at radius 1 is 1.38 bits per heavy atom. The van der Waals surface area contributed by atoms with E-state index in [1.54, 1.807) is 37.2 Å². The molecule has 3 N–H and O–H groups in total. The molecule has 1 heterocycles. The van der Waals surface area contributed by atoms with Crippen LogP contribution in [0.4, 0.5) is 11.6 Å². The van der Waals surface area contributed by atoms with Crippen LogP contribution in [-0.4, -0.2) is 29.3 Å². The minimum absolute atomic E-state index is 0.0449. The molecule has 0 unspecified atom stereocenters. The van der Waals surface area contributed by atoms with Crippen LogP contribution in [0.3, 0.4) is 0 Å². The zero-order valence-electron chi connectivity index (χ0n) is 9.01. The largest absolute Gasteiger partial charge is 0.505 e. The number of nitrogen functional groups attached to an aromatic ring is 1. The Kier molecular flexibility index (Phi) is 2.40. The number of hydrogen-bond donors (Lipinski definition) is 2. The molecule has 84 valence electrons. The SMILES string of the molecule is CN(C)c1noc(-c2cccc(N)c2O)n1. The molecule has 0 radical (unpaired) electrons. The first-order valence-electron chi connectivity index (χ1n) is 4.68. The van der Waals surface area contributed by atoms with Crippen LogP contribution in [0.5, 0.6) is 5.75 Å². The number of benzene rings is 1. The number of anilines is 2. The van der Waals surface area contributed by atoms with Gasteiger partial charge in [-0.2, -0.15) is 4.98 Å². The third-order valence-corrected chi connectivity index (χ3v) is 2.11. The number of phenols is 1. The van der Waals surface area contributed by atoms with Crippen LogP contribution in [0, 0.1) is 0 Å². The zero-order chi connectivity index (χ0) is 11.7. The van der Waals surface area contributed by atoms with E-state index in [0.29, 0.717) is 11.5 Å². The standard InChI is InChI=1S/C10H12N4O2/c1-14(2)10-12-9(16-13-10)6-4-3-5-7(11)8(6)15/h3-5,15H,11H2,1-2H3. The van der Waals surface area contributed by atoms with E-state index in [1.807, 2.05) is 0 Å². The van der Waals surface area contributed by atoms with Crippen molar-refractivity contribution in [1.29, 1.82) is 0 Å². The Labute approximate surface area is 92.3 Å². The average molecular weight is 220 g/mol. The average Bonchev–Trinajstić information content (AvgIpc) is 2.71. The first-order valence-corrected chi connectivity index (χ1v) is 4.68. The second-order valence-electron chi connectivity index (χ2n) is 3.54. The van der Waals surface area contributed by atoms with Crippen LogP contribution < -0.4 is 10.6 Å². The number of aromatic hydroxyl groups is 1. The monoisotopic (exact) mass is 220 g/mol. The van der Waals surface area contributed by atoms with Crippen LogP contribution in [-0.2, 0) is 0 Å². The maximum Gasteiger partial charge on any atom is 0.265 e. The Hall–Kier alpha value is -2.24. The van der Waals surface area contributed by atoms with E-state index in [-0.39, 0.29) is 17.3 Å². The van der Waals surface area contributed by atoms with E-state index >= 15 is 0 Å². The minimum Gasteiger partial charge on any atom is -0.505 e. The van der Waals surface area contributed by atoms with E-state index in [2.05, 4.69) is 10.1 Å². The second-order valence-corrected chi connectivity index (χ2v) is 3.54. The predicted molar refractivity (Wildman–Crippen MR) is 60.1 cm³/mol. The van der Waals surface area contributed by atoms with Crippen molar-refractivity contribution in [3.8, 4) is 17.2 Å². The molecule has 6 nitrogen and oxygen atoms in total. The van der Waals surface area contributed by atoms with Gasteiger partial charge in [0, 0.05) is 14.1 Å². The molecule has 6 heteroatoms. The van der Waals surface area contributed by atoms with Crippen LogP contribution in [0.15, 0.2) is 22.7 Å². The van der Waals surface area contributed by atoms with Gasteiger partial charge >= 0.3 is 0 Å². The fraction of sp³-hybridized carbons (Fsp3) is 0.200. The lowest BCUT2D eigenvalue weighted by Crippen LogP contribution is -2.10. The lowest BCUT2D eigenvalue weighted by atomic mass is 10.2. The summed E-state index contributed by atoms with van der Waals surface area (Å²) in [6.45, 7) is 0. The highest BCUT2D eigenvalue weighted by Gasteiger charge is 2.14. The van der Waals surface area contributed by atoms with Crippen molar-refractivity contribution in [2.45, 2.75) is 0 Å². The summed E-state index contributed by atoms with van der Waals surface area (Å²) < 4.78 is 5.03. The van der Waals surface area contributed by atoms with E-state index < -0.39 is 0 Å². The number of nitrogens with zero attached hydrogens (tertiary/aromatic N) is 3. The van der Waals surface area contributed by atoms with Gasteiger partial charge in [-0.1, -0.05) is 6.07 Å². The Morgan fingerprint density at radius 2 is 2.12 bits per heavy atom. The van der Waals surface area contributed by atoms with Gasteiger partial charge in [-0.15, -0.1) is 0 Å². The molecule has 0 aliphatic rings. The lowest BCUT2D eigenvalue weighted by molar-refractivity contribution is 0.425. The van der Waals surface area contributed by atoms with Gasteiger partial charge in [-0.3, -0.25) is 0 Å². The normalized spacial score (nSPS) is 10.4. The van der Waals surface area contributed by atoms with Crippen molar-refractivity contribution in [3.63, 3.8) is 0 Å². The molecule has 1 aromatic carbocycles. The van der Waals surface area contributed by atoms with Gasteiger partial charge in [-0.25, -0.2) is 0 Å². The summed E-state index contributed by atoms with van der Waals surface area (Å²) in [5.74, 6) is 0.641. The topological polar surface area (TPSA) is 88.4 Å². The smallest absolute Gasteiger partial charge is 0.265 e. The highest BCUT2D eigenvalue weighted by Crippen LogP contribution is 2.32. The molecule has 0 saturated heterocycles. The van der Waals surface area contributed by atoms with Crippen LogP contribution in [0.1, 0.15) is 0 Å². The molecule has 2 rings (SSSR count). The summed E-state index contributed by atoms with van der Waals surface area (Å²) >= 11 is 0. The zero-order valence-corrected chi connectivity index (χ0v) is 9.01. The molecule has 0 bridgehead atoms. The maximum atomic E-state index is 9.73. The summed E-state index contributed by atoms with van der Waals surface area (Å²) in [6, 6.07) is 4.98. The van der Waals surface area contributed by atoms with Crippen LogP contribution in [0.25, 0.3) is 11.5 Å². The first kappa shape index (κ1) is 10.3. The summed E-state index contributed by atoms with van der Waals surface area (Å²) in [5.41, 5.74) is 6.29. The third kappa shape index (κ3) is 1.65. The van der Waals surface area contributed by atoms with Gasteiger partial charge in [-0.05, 0) is 17.3 Å². The number of hydrogen-bond acceptors (Lipinski definition) is 6. The third-order valence-electron chi connectivity index (χ3n) is 2.11. The summed E-state index contributed by atoms with van der Waals surface area (Å²) in [7, 11) is 3.60. The van der Waals surface area contributed by atoms with Gasteiger partial charge in [0.2, 0.25) is 0 Å². The first-order chi connectivity index (χ1) is 7.59. The van der Waals surface area contributed by atoms with Gasteiger partial charge in [0.1, 0.15) is 0 Å². The van der Waals surface area contributed by atoms with E-state index in [0.717, 1.165) is 0 Å². The minimum atomic E-state index is -0.0449. The predicted octanol–water partition coefficient (Wildman–Crippen LogP) is 1.09. The molecular formula is C10H12N4O2. The maximum absolute atomic E-state index is 9.73. The molecule has 16 heavy (non-hydrogen) atoms. The van der Waals surface area contributed by atoms with Crippen molar-refractivity contribution in [3.05, 3.63) is 18.2 Å². The number of para-hydroxylation sites is 1. The molecule has 2 aromatic rings. The Morgan fingerprint density at radius 3 is 2.75 bits per heavy atom. The molecule has 0 saturated carbocycles. The number of aromatic nitrogens is 2. The van der Waals surface area contributed by atoms with E-state index in [4.69, 9.17) is 10.3 Å². The van der Waals surface area contributed by atoms with Crippen LogP contribution >= 0.6 is 0 Å². The molecule has 0 aliphatic heterocycles. The molecule has 0 atom stereocenters. The Balaban J connectivity index is 2.47. The highest BCUT2D eigenvalue weighted by atomic mass is 16.5. The summed E-state index contributed by atoms with van der Waals surface area (Å²) in [5, 5.41) is 13.5. The number of nitrogens with two attached hydrogens (primary N) is 1. The quantitative estimate of drug-likeness (QED) is 0.581. The van der Waals surface area contributed by atoms with Crippen molar-refractivity contribution < 1.29 is 9.63 Å². The molecule has 0 amide bonds. The molecule has 0 aliphatic carbocycles. The van der Waals surface area contributed by atoms with Gasteiger partial charge in [0.25, 0.3) is 11.8 Å². The number of phenolic OH excluding ortho intramolecular Hbond substituents is 1. The summed E-state index contributed by atoms with van der Waals surface area (Å²) in [4.78, 5) is 5.82. The van der Waals surface area contributed by atoms with E-state index in [9.17, 15) is 5.11 Å². The molecule has 1 aromatic heterocycles. The van der Waals surface area contributed by atoms with Crippen molar-refractivity contribution >= 4 is 11.6 Å². The fourth-order valence-electron chi connectivity index (χ4n) is 1.24. The van der Waals surface area contributed by atoms with Crippen molar-refractivity contribution in [2.75, 3.05) is 24.7 Å². The van der Waals surface area contributed by atoms with Crippen LogP contribution in [0.2, 0.25) is 0 Å². The van der Waals surface area contributed by atoms with Gasteiger partial charge in [0.05, 0.1) is 11.3 Å². The van der Waals surface area contributed by atoms with Crippen molar-refractivity contribution in [2.24, 2.45) is 0 Å². The van der Waals surface area contributed by atoms with Crippen molar-refractivity contribution in [1.82, 2.24) is 10.1 Å². The highest BCUT2D eigenvalue weighted by molar-refractivity contribution is 5.71. The van der Waals surface area contributed by atoms with Gasteiger partial charge < -0.3 is 20.3 Å². The lowest BCUT2D eigenvalue weighted by Gasteiger charge is -2.03.